The Bertz CT molecular complexity index is 826. The van der Waals surface area contributed by atoms with Gasteiger partial charge in [-0.1, -0.05) is 11.2 Å². The van der Waals surface area contributed by atoms with E-state index < -0.39 is 0 Å². The van der Waals surface area contributed by atoms with Crippen LogP contribution in [0.2, 0.25) is 0 Å². The van der Waals surface area contributed by atoms with Crippen LogP contribution in [0, 0.1) is 6.92 Å². The molecule has 1 N–H and O–H groups in total. The third-order valence-corrected chi connectivity index (χ3v) is 4.93. The number of aryl methyl sites for hydroxylation is 1. The Kier molecular flexibility index (Phi) is 4.32. The van der Waals surface area contributed by atoms with E-state index >= 15 is 0 Å². The summed E-state index contributed by atoms with van der Waals surface area (Å²) in [4.78, 5) is 31.9. The molecule has 0 aliphatic carbocycles. The van der Waals surface area contributed by atoms with E-state index in [0.717, 1.165) is 25.1 Å². The van der Waals surface area contributed by atoms with Crippen molar-refractivity contribution in [3.05, 3.63) is 36.0 Å². The van der Waals surface area contributed by atoms with Crippen LogP contribution in [-0.2, 0) is 4.79 Å². The van der Waals surface area contributed by atoms with E-state index in [0.29, 0.717) is 36.9 Å². The topological polar surface area (TPSA) is 91.6 Å². The third-order valence-electron chi connectivity index (χ3n) is 4.93. The normalized spacial score (nSPS) is 18.0. The Morgan fingerprint density at radius 2 is 2.08 bits per heavy atom. The maximum Gasteiger partial charge on any atom is 0.321 e. The van der Waals surface area contributed by atoms with E-state index in [2.05, 4.69) is 15.5 Å². The van der Waals surface area contributed by atoms with Gasteiger partial charge in [-0.3, -0.25) is 4.79 Å². The number of hydrogen-bond donors (Lipinski definition) is 1. The molecule has 2 saturated heterocycles. The predicted molar refractivity (Wildman–Crippen MR) is 95.0 cm³/mol. The van der Waals surface area contributed by atoms with Crippen molar-refractivity contribution < 1.29 is 14.1 Å². The molecule has 4 rings (SSSR count). The average molecular weight is 355 g/mol. The number of amides is 3. The molecule has 3 amide bonds. The van der Waals surface area contributed by atoms with Gasteiger partial charge in [-0.15, -0.1) is 0 Å². The van der Waals surface area contributed by atoms with Crippen molar-refractivity contribution in [2.75, 3.05) is 29.9 Å². The Morgan fingerprint density at radius 3 is 2.69 bits per heavy atom. The number of nitrogens with zero attached hydrogens (tertiary/aromatic N) is 4. The van der Waals surface area contributed by atoms with E-state index in [4.69, 9.17) is 4.52 Å². The van der Waals surface area contributed by atoms with Gasteiger partial charge in [0.1, 0.15) is 0 Å². The number of benzene rings is 1. The highest BCUT2D eigenvalue weighted by Gasteiger charge is 2.28. The van der Waals surface area contributed by atoms with Crippen LogP contribution in [0.1, 0.15) is 36.9 Å². The lowest BCUT2D eigenvalue weighted by atomic mass is 9.97. The van der Waals surface area contributed by atoms with Crippen molar-refractivity contribution >= 4 is 23.3 Å². The molecule has 2 aliphatic heterocycles. The molecule has 0 radical (unpaired) electrons. The summed E-state index contributed by atoms with van der Waals surface area (Å²) in [6.45, 7) is 3.82. The highest BCUT2D eigenvalue weighted by Crippen LogP contribution is 2.28. The Morgan fingerprint density at radius 1 is 1.27 bits per heavy atom. The molecule has 1 aromatic heterocycles. The summed E-state index contributed by atoms with van der Waals surface area (Å²) >= 11 is 0. The fourth-order valence-electron chi connectivity index (χ4n) is 3.35. The largest absolute Gasteiger partial charge is 0.339 e. The number of urea groups is 1. The molecule has 2 fully saturated rings. The van der Waals surface area contributed by atoms with Gasteiger partial charge in [-0.2, -0.15) is 4.98 Å². The molecule has 2 aliphatic rings. The number of piperidine rings is 1. The molecule has 3 heterocycles. The van der Waals surface area contributed by atoms with Gasteiger partial charge < -0.3 is 19.6 Å². The second kappa shape index (κ2) is 6.78. The Balaban J connectivity index is 1.34. The van der Waals surface area contributed by atoms with Crippen molar-refractivity contribution in [2.24, 2.45) is 0 Å². The molecule has 8 nitrogen and oxygen atoms in total. The SMILES string of the molecule is Cc1noc(C2CCN(C(=O)Nc3cccc(N4CCC4=O)c3)CC2)n1. The molecule has 0 bridgehead atoms. The van der Waals surface area contributed by atoms with Gasteiger partial charge in [0, 0.05) is 43.3 Å². The summed E-state index contributed by atoms with van der Waals surface area (Å²) < 4.78 is 5.24. The van der Waals surface area contributed by atoms with Gasteiger partial charge in [-0.25, -0.2) is 4.79 Å². The number of carbonyl (C=O) groups is 2. The van der Waals surface area contributed by atoms with Crippen molar-refractivity contribution in [1.82, 2.24) is 15.0 Å². The zero-order chi connectivity index (χ0) is 18.1. The van der Waals surface area contributed by atoms with Gasteiger partial charge in [0.15, 0.2) is 5.82 Å². The maximum absolute atomic E-state index is 12.5. The first-order chi connectivity index (χ1) is 12.6. The molecule has 2 aromatic rings. The Labute approximate surface area is 151 Å². The van der Waals surface area contributed by atoms with Crippen LogP contribution in [0.4, 0.5) is 16.2 Å². The molecule has 0 atom stereocenters. The second-order valence-electron chi connectivity index (χ2n) is 6.72. The zero-order valence-corrected chi connectivity index (χ0v) is 14.6. The minimum atomic E-state index is -0.128. The maximum atomic E-state index is 12.5. The fraction of sp³-hybridized carbons (Fsp3) is 0.444. The van der Waals surface area contributed by atoms with Crippen molar-refractivity contribution in [3.8, 4) is 0 Å². The second-order valence-corrected chi connectivity index (χ2v) is 6.72. The van der Waals surface area contributed by atoms with Crippen LogP contribution >= 0.6 is 0 Å². The van der Waals surface area contributed by atoms with E-state index in [9.17, 15) is 9.59 Å². The quantitative estimate of drug-likeness (QED) is 0.854. The highest BCUT2D eigenvalue weighted by molar-refractivity contribution is 6.00. The third kappa shape index (κ3) is 3.26. The summed E-state index contributed by atoms with van der Waals surface area (Å²) in [5.41, 5.74) is 1.52. The number of aromatic nitrogens is 2. The summed E-state index contributed by atoms with van der Waals surface area (Å²) in [5, 5.41) is 6.76. The summed E-state index contributed by atoms with van der Waals surface area (Å²) in [6, 6.07) is 7.27. The van der Waals surface area contributed by atoms with Gasteiger partial charge in [0.25, 0.3) is 0 Å². The van der Waals surface area contributed by atoms with Gasteiger partial charge in [-0.05, 0) is 38.0 Å². The molecule has 0 unspecified atom stereocenters. The molecule has 26 heavy (non-hydrogen) atoms. The monoisotopic (exact) mass is 355 g/mol. The van der Waals surface area contributed by atoms with Gasteiger partial charge >= 0.3 is 6.03 Å². The molecular weight excluding hydrogens is 334 g/mol. The van der Waals surface area contributed by atoms with Crippen molar-refractivity contribution in [2.45, 2.75) is 32.1 Å². The number of carbonyl (C=O) groups excluding carboxylic acids is 2. The first kappa shape index (κ1) is 16.6. The number of β-lactam (4-membered cyclic amide) rings is 1. The number of hydrogen-bond acceptors (Lipinski definition) is 5. The smallest absolute Gasteiger partial charge is 0.321 e. The first-order valence-electron chi connectivity index (χ1n) is 8.87. The van der Waals surface area contributed by atoms with E-state index in [1.807, 2.05) is 24.3 Å². The molecule has 8 heteroatoms. The van der Waals surface area contributed by atoms with Crippen LogP contribution in [0.25, 0.3) is 0 Å². The molecule has 0 saturated carbocycles. The molecule has 0 spiro atoms. The highest BCUT2D eigenvalue weighted by atomic mass is 16.5. The molecule has 136 valence electrons. The van der Waals surface area contributed by atoms with Crippen LogP contribution < -0.4 is 10.2 Å². The van der Waals surface area contributed by atoms with Crippen molar-refractivity contribution in [3.63, 3.8) is 0 Å². The van der Waals surface area contributed by atoms with Crippen LogP contribution in [0.3, 0.4) is 0 Å². The van der Waals surface area contributed by atoms with E-state index in [1.54, 1.807) is 16.7 Å². The summed E-state index contributed by atoms with van der Waals surface area (Å²) in [7, 11) is 0. The lowest BCUT2D eigenvalue weighted by molar-refractivity contribution is -0.122. The molecule has 1 aromatic carbocycles. The number of rotatable bonds is 3. The Hall–Kier alpha value is -2.90. The van der Waals surface area contributed by atoms with Gasteiger partial charge in [0.05, 0.1) is 0 Å². The summed E-state index contributed by atoms with van der Waals surface area (Å²) in [6.07, 6.45) is 2.19. The standard InChI is InChI=1S/C18H21N5O3/c1-12-19-17(26-21-12)13-5-8-22(9-6-13)18(25)20-14-3-2-4-15(11-14)23-10-7-16(23)24/h2-4,11,13H,5-10H2,1H3,(H,20,25). The summed E-state index contributed by atoms with van der Waals surface area (Å²) in [5.74, 6) is 1.63. The zero-order valence-electron chi connectivity index (χ0n) is 14.6. The predicted octanol–water partition coefficient (Wildman–Crippen LogP) is 2.53. The number of anilines is 2. The van der Waals surface area contributed by atoms with Crippen molar-refractivity contribution in [1.29, 1.82) is 0 Å². The fourth-order valence-corrected chi connectivity index (χ4v) is 3.35. The minimum Gasteiger partial charge on any atom is -0.339 e. The number of likely N-dealkylation sites (tertiary alicyclic amines) is 1. The molecular formula is C18H21N5O3. The van der Waals surface area contributed by atoms with Gasteiger partial charge in [0.2, 0.25) is 11.8 Å². The van der Waals surface area contributed by atoms with Crippen LogP contribution in [-0.4, -0.2) is 46.6 Å². The van der Waals surface area contributed by atoms with Crippen LogP contribution in [0.15, 0.2) is 28.8 Å². The lowest BCUT2D eigenvalue weighted by Crippen LogP contribution is -2.43. The first-order valence-corrected chi connectivity index (χ1v) is 8.87. The minimum absolute atomic E-state index is 0.117. The number of nitrogens with one attached hydrogen (secondary N) is 1. The van der Waals surface area contributed by atoms with E-state index in [-0.39, 0.29) is 17.9 Å². The van der Waals surface area contributed by atoms with Crippen LogP contribution in [0.5, 0.6) is 0 Å². The van der Waals surface area contributed by atoms with E-state index in [1.165, 1.54) is 0 Å². The average Bonchev–Trinajstić information content (AvgIpc) is 3.07. The lowest BCUT2D eigenvalue weighted by Gasteiger charge is -2.32.